The normalized spacial score (nSPS) is 12.5. The van der Waals surface area contributed by atoms with E-state index in [-0.39, 0.29) is 21.3 Å². The van der Waals surface area contributed by atoms with Crippen molar-refractivity contribution < 1.29 is 17.9 Å². The number of hydrogen-bond donors (Lipinski definition) is 2. The first-order valence-electron chi connectivity index (χ1n) is 8.16. The van der Waals surface area contributed by atoms with Crippen molar-refractivity contribution in [2.24, 2.45) is 0 Å². The molecule has 1 atom stereocenters. The lowest BCUT2D eigenvalue weighted by Crippen LogP contribution is -2.30. The molecule has 10 heteroatoms. The number of methoxy groups -OCH3 is 1. The van der Waals surface area contributed by atoms with Gasteiger partial charge in [-0.3, -0.25) is 5.10 Å². The third kappa shape index (κ3) is 4.22. The first-order chi connectivity index (χ1) is 13.3. The number of aryl methyl sites for hydroxylation is 1. The van der Waals surface area contributed by atoms with Crippen LogP contribution in [0.2, 0.25) is 5.02 Å². The molecular formula is C18H17ClN4O4S. The monoisotopic (exact) mass is 420 g/mol. The fraction of sp³-hybridized carbons (Fsp3) is 0.167. The van der Waals surface area contributed by atoms with Gasteiger partial charge < -0.3 is 4.74 Å². The molecule has 1 heterocycles. The van der Waals surface area contributed by atoms with Gasteiger partial charge in [0.25, 0.3) is 0 Å². The number of carbonyl (C=O) groups excluding carboxylic acids is 1. The van der Waals surface area contributed by atoms with Crippen molar-refractivity contribution in [1.29, 1.82) is 0 Å². The van der Waals surface area contributed by atoms with E-state index in [1.165, 1.54) is 25.3 Å². The number of rotatable bonds is 6. The summed E-state index contributed by atoms with van der Waals surface area (Å²) < 4.78 is 33.2. The third-order valence-electron chi connectivity index (χ3n) is 3.92. The summed E-state index contributed by atoms with van der Waals surface area (Å²) in [5, 5.41) is 6.69. The Balaban J connectivity index is 1.99. The van der Waals surface area contributed by atoms with Crippen molar-refractivity contribution >= 4 is 27.6 Å². The second-order valence-corrected chi connectivity index (χ2v) is 7.97. The van der Waals surface area contributed by atoms with Crippen molar-refractivity contribution in [3.05, 3.63) is 76.3 Å². The van der Waals surface area contributed by atoms with Gasteiger partial charge in [-0.1, -0.05) is 41.9 Å². The Morgan fingerprint density at radius 1 is 1.21 bits per heavy atom. The fourth-order valence-electron chi connectivity index (χ4n) is 2.59. The van der Waals surface area contributed by atoms with Crippen molar-refractivity contribution in [3.63, 3.8) is 0 Å². The topological polar surface area (TPSA) is 114 Å². The lowest BCUT2D eigenvalue weighted by molar-refractivity contribution is 0.0600. The summed E-state index contributed by atoms with van der Waals surface area (Å²) >= 11 is 6.13. The van der Waals surface area contributed by atoms with Crippen LogP contribution >= 0.6 is 11.6 Å². The molecule has 0 aliphatic heterocycles. The number of nitrogens with one attached hydrogen (secondary N) is 2. The molecule has 0 radical (unpaired) electrons. The zero-order valence-electron chi connectivity index (χ0n) is 15.0. The zero-order valence-corrected chi connectivity index (χ0v) is 16.6. The summed E-state index contributed by atoms with van der Waals surface area (Å²) in [5.74, 6) is 0.210. The minimum absolute atomic E-state index is 0.103. The number of nitrogens with zero attached hydrogens (tertiary/aromatic N) is 2. The van der Waals surface area contributed by atoms with Gasteiger partial charge in [-0.25, -0.2) is 18.2 Å². The molecule has 0 aliphatic carbocycles. The predicted octanol–water partition coefficient (Wildman–Crippen LogP) is 2.62. The molecule has 1 unspecified atom stereocenters. The molecule has 1 aromatic heterocycles. The molecule has 0 fully saturated rings. The van der Waals surface area contributed by atoms with Crippen LogP contribution in [0.25, 0.3) is 0 Å². The number of ether oxygens (including phenoxy) is 1. The maximum Gasteiger partial charge on any atom is 0.337 e. The number of carbonyl (C=O) groups is 1. The number of H-pyrrole nitrogens is 1. The summed E-state index contributed by atoms with van der Waals surface area (Å²) in [6, 6.07) is 11.9. The maximum atomic E-state index is 13.0. The summed E-state index contributed by atoms with van der Waals surface area (Å²) in [7, 11) is -2.83. The highest BCUT2D eigenvalue weighted by molar-refractivity contribution is 7.89. The van der Waals surface area contributed by atoms with Gasteiger partial charge >= 0.3 is 5.97 Å². The smallest absolute Gasteiger partial charge is 0.337 e. The maximum absolute atomic E-state index is 13.0. The zero-order chi connectivity index (χ0) is 20.3. The minimum atomic E-state index is -4.05. The molecule has 0 aliphatic rings. The fourth-order valence-corrected chi connectivity index (χ4v) is 4.31. The van der Waals surface area contributed by atoms with Crippen LogP contribution in [0, 0.1) is 6.92 Å². The molecule has 28 heavy (non-hydrogen) atoms. The van der Waals surface area contributed by atoms with E-state index in [4.69, 9.17) is 11.6 Å². The highest BCUT2D eigenvalue weighted by atomic mass is 35.5. The van der Waals surface area contributed by atoms with Crippen LogP contribution in [0.1, 0.15) is 33.6 Å². The van der Waals surface area contributed by atoms with Gasteiger partial charge in [0.2, 0.25) is 10.0 Å². The van der Waals surface area contributed by atoms with Gasteiger partial charge in [-0.15, -0.1) is 0 Å². The average Bonchev–Trinajstić information content (AvgIpc) is 3.12. The lowest BCUT2D eigenvalue weighted by Gasteiger charge is -2.17. The lowest BCUT2D eigenvalue weighted by atomic mass is 10.1. The predicted molar refractivity (Wildman–Crippen MR) is 103 cm³/mol. The highest BCUT2D eigenvalue weighted by Gasteiger charge is 2.27. The first kappa shape index (κ1) is 20.0. The Kier molecular flexibility index (Phi) is 5.78. The van der Waals surface area contributed by atoms with Gasteiger partial charge in [-0.05, 0) is 30.7 Å². The number of sulfonamides is 1. The molecule has 0 spiro atoms. The van der Waals surface area contributed by atoms with Crippen LogP contribution in [0.4, 0.5) is 0 Å². The van der Waals surface area contributed by atoms with Crippen molar-refractivity contribution in [1.82, 2.24) is 19.9 Å². The standard InChI is InChI=1S/C18H17ClN4O4S/c1-11-20-17(22-21-11)16(12-6-4-3-5-7-12)23-28(25,26)15-9-8-13(10-14(15)19)18(24)27-2/h3-10,16,23H,1-2H3,(H,20,21,22). The van der Waals surface area contributed by atoms with Crippen LogP contribution in [0.15, 0.2) is 53.4 Å². The molecule has 0 amide bonds. The largest absolute Gasteiger partial charge is 0.465 e. The Morgan fingerprint density at radius 2 is 1.93 bits per heavy atom. The Hall–Kier alpha value is -2.75. The van der Waals surface area contributed by atoms with E-state index in [9.17, 15) is 13.2 Å². The van der Waals surface area contributed by atoms with Crippen molar-refractivity contribution in [2.45, 2.75) is 17.9 Å². The summed E-state index contributed by atoms with van der Waals surface area (Å²) in [5.41, 5.74) is 0.808. The van der Waals surface area contributed by atoms with Crippen LogP contribution < -0.4 is 4.72 Å². The Morgan fingerprint density at radius 3 is 2.50 bits per heavy atom. The number of benzene rings is 2. The van der Waals surface area contributed by atoms with Gasteiger partial charge in [0, 0.05) is 0 Å². The number of hydrogen-bond acceptors (Lipinski definition) is 6. The van der Waals surface area contributed by atoms with Crippen molar-refractivity contribution in [2.75, 3.05) is 7.11 Å². The molecule has 2 N–H and O–H groups in total. The van der Waals surface area contributed by atoms with Gasteiger partial charge in [-0.2, -0.15) is 9.82 Å². The van der Waals surface area contributed by atoms with E-state index in [1.807, 2.05) is 6.07 Å². The van der Waals surface area contributed by atoms with Crippen LogP contribution in [0.5, 0.6) is 0 Å². The minimum Gasteiger partial charge on any atom is -0.465 e. The summed E-state index contributed by atoms with van der Waals surface area (Å²) in [4.78, 5) is 15.7. The van der Waals surface area contributed by atoms with Gasteiger partial charge in [0.1, 0.15) is 16.8 Å². The van der Waals surface area contributed by atoms with E-state index in [2.05, 4.69) is 24.6 Å². The average molecular weight is 421 g/mol. The quantitative estimate of drug-likeness (QED) is 0.592. The molecular weight excluding hydrogens is 404 g/mol. The Bertz CT molecular complexity index is 1100. The van der Waals surface area contributed by atoms with E-state index in [1.54, 1.807) is 31.2 Å². The molecule has 2 aromatic carbocycles. The highest BCUT2D eigenvalue weighted by Crippen LogP contribution is 2.27. The number of esters is 1. The number of halogens is 1. The van der Waals surface area contributed by atoms with Gasteiger partial charge in [0.05, 0.1) is 17.7 Å². The van der Waals surface area contributed by atoms with Crippen molar-refractivity contribution in [3.8, 4) is 0 Å². The molecule has 0 saturated carbocycles. The third-order valence-corrected chi connectivity index (χ3v) is 5.83. The molecule has 146 valence electrons. The molecule has 0 bridgehead atoms. The van der Waals surface area contributed by atoms with E-state index >= 15 is 0 Å². The van der Waals surface area contributed by atoms with E-state index < -0.39 is 22.0 Å². The second kappa shape index (κ2) is 8.09. The summed E-state index contributed by atoms with van der Waals surface area (Å²) in [6.07, 6.45) is 0. The molecule has 3 rings (SSSR count). The van der Waals surface area contributed by atoms with Crippen LogP contribution in [-0.2, 0) is 14.8 Å². The van der Waals surface area contributed by atoms with E-state index in [0.717, 1.165) is 0 Å². The SMILES string of the molecule is COC(=O)c1ccc(S(=O)(=O)NC(c2ccccc2)c2n[nH]c(C)n2)c(Cl)c1. The van der Waals surface area contributed by atoms with Crippen LogP contribution in [-0.4, -0.2) is 36.7 Å². The number of aromatic amines is 1. The first-order valence-corrected chi connectivity index (χ1v) is 10.0. The molecule has 3 aromatic rings. The molecule has 8 nitrogen and oxygen atoms in total. The van der Waals surface area contributed by atoms with Crippen LogP contribution in [0.3, 0.4) is 0 Å². The molecule has 0 saturated heterocycles. The summed E-state index contributed by atoms with van der Waals surface area (Å²) in [6.45, 7) is 1.72. The second-order valence-electron chi connectivity index (χ2n) is 5.88. The van der Waals surface area contributed by atoms with E-state index in [0.29, 0.717) is 11.4 Å². The van der Waals surface area contributed by atoms with Gasteiger partial charge in [0.15, 0.2) is 5.82 Å². The number of aromatic nitrogens is 3. The Labute approximate surface area is 167 Å².